The predicted octanol–water partition coefficient (Wildman–Crippen LogP) is 4.12. The molecule has 6 heteroatoms. The largest absolute Gasteiger partial charge is 0.456 e. The van der Waals surface area contributed by atoms with Gasteiger partial charge >= 0.3 is 0 Å². The fraction of sp³-hybridized carbons (Fsp3) is 0.0909. The maximum atomic E-state index is 12.5. The van der Waals surface area contributed by atoms with Crippen molar-refractivity contribution in [2.45, 2.75) is 13.8 Å². The summed E-state index contributed by atoms with van der Waals surface area (Å²) in [6, 6.07) is 13.8. The minimum absolute atomic E-state index is 0.0916. The van der Waals surface area contributed by atoms with E-state index in [2.05, 4.69) is 15.3 Å². The Morgan fingerprint density at radius 3 is 2.43 bits per heavy atom. The first-order chi connectivity index (χ1) is 13.5. The van der Waals surface area contributed by atoms with Gasteiger partial charge in [0.1, 0.15) is 11.3 Å². The molecule has 1 amide bonds. The SMILES string of the molecule is Cc1cc(C)c2oc(-c3ccc(C(=O)Nc4ncccn4)cc3)cc(=O)c2c1. The topological polar surface area (TPSA) is 85.1 Å². The van der Waals surface area contributed by atoms with Crippen LogP contribution in [-0.4, -0.2) is 15.9 Å². The summed E-state index contributed by atoms with van der Waals surface area (Å²) >= 11 is 0. The molecule has 1 N–H and O–H groups in total. The van der Waals surface area contributed by atoms with Gasteiger partial charge in [0, 0.05) is 29.6 Å². The number of benzene rings is 2. The standard InChI is InChI=1S/C22H17N3O3/c1-13-10-14(2)20-17(11-13)18(26)12-19(28-20)15-4-6-16(7-5-15)21(27)25-22-23-8-3-9-24-22/h3-12H,1-2H3,(H,23,24,25,27). The van der Waals surface area contributed by atoms with Crippen LogP contribution in [0.5, 0.6) is 0 Å². The van der Waals surface area contributed by atoms with Crippen molar-refractivity contribution in [3.05, 3.63) is 87.8 Å². The van der Waals surface area contributed by atoms with Gasteiger partial charge in [-0.25, -0.2) is 9.97 Å². The smallest absolute Gasteiger partial charge is 0.258 e. The number of hydrogen-bond acceptors (Lipinski definition) is 5. The van der Waals surface area contributed by atoms with E-state index < -0.39 is 0 Å². The Hall–Kier alpha value is -3.80. The number of aromatic nitrogens is 2. The molecule has 0 atom stereocenters. The highest BCUT2D eigenvalue weighted by atomic mass is 16.3. The molecule has 0 radical (unpaired) electrons. The summed E-state index contributed by atoms with van der Waals surface area (Å²) in [5.74, 6) is 0.384. The third kappa shape index (κ3) is 3.40. The van der Waals surface area contributed by atoms with Gasteiger partial charge in [0.15, 0.2) is 5.43 Å². The molecule has 0 aliphatic heterocycles. The van der Waals surface area contributed by atoms with Gasteiger partial charge < -0.3 is 4.42 Å². The molecule has 6 nitrogen and oxygen atoms in total. The Labute approximate surface area is 160 Å². The third-order valence-electron chi connectivity index (χ3n) is 4.38. The average molecular weight is 371 g/mol. The first-order valence-corrected chi connectivity index (χ1v) is 8.75. The van der Waals surface area contributed by atoms with Crippen LogP contribution in [0, 0.1) is 13.8 Å². The first kappa shape index (κ1) is 17.6. The molecular formula is C22H17N3O3. The van der Waals surface area contributed by atoms with Gasteiger partial charge in [-0.2, -0.15) is 0 Å². The molecule has 0 saturated carbocycles. The maximum absolute atomic E-state index is 12.5. The summed E-state index contributed by atoms with van der Waals surface area (Å²) in [6.45, 7) is 3.87. The fourth-order valence-corrected chi connectivity index (χ4v) is 3.07. The van der Waals surface area contributed by atoms with Crippen LogP contribution in [-0.2, 0) is 0 Å². The summed E-state index contributed by atoms with van der Waals surface area (Å²) < 4.78 is 5.99. The molecular weight excluding hydrogens is 354 g/mol. The molecule has 138 valence electrons. The molecule has 0 spiro atoms. The van der Waals surface area contributed by atoms with Crippen molar-refractivity contribution in [3.63, 3.8) is 0 Å². The zero-order chi connectivity index (χ0) is 19.7. The van der Waals surface area contributed by atoms with Gasteiger partial charge in [0.25, 0.3) is 5.91 Å². The number of hydrogen-bond donors (Lipinski definition) is 1. The minimum atomic E-state index is -0.316. The monoisotopic (exact) mass is 371 g/mol. The van der Waals surface area contributed by atoms with Crippen molar-refractivity contribution in [1.29, 1.82) is 0 Å². The van der Waals surface area contributed by atoms with E-state index >= 15 is 0 Å². The molecule has 2 aromatic carbocycles. The number of nitrogens with one attached hydrogen (secondary N) is 1. The van der Waals surface area contributed by atoms with Crippen molar-refractivity contribution < 1.29 is 9.21 Å². The normalized spacial score (nSPS) is 10.8. The number of carbonyl (C=O) groups is 1. The summed E-state index contributed by atoms with van der Waals surface area (Å²) in [5, 5.41) is 3.20. The Kier molecular flexibility index (Phi) is 4.45. The van der Waals surface area contributed by atoms with Crippen LogP contribution < -0.4 is 10.7 Å². The fourth-order valence-electron chi connectivity index (χ4n) is 3.07. The van der Waals surface area contributed by atoms with Crippen molar-refractivity contribution >= 4 is 22.8 Å². The molecule has 0 aliphatic carbocycles. The lowest BCUT2D eigenvalue weighted by Gasteiger charge is -2.07. The number of aryl methyl sites for hydroxylation is 2. The van der Waals surface area contributed by atoms with E-state index in [-0.39, 0.29) is 17.3 Å². The van der Waals surface area contributed by atoms with Crippen LogP contribution in [0.2, 0.25) is 0 Å². The average Bonchev–Trinajstić information content (AvgIpc) is 2.69. The second-order valence-corrected chi connectivity index (χ2v) is 6.54. The van der Waals surface area contributed by atoms with Crippen LogP contribution in [0.25, 0.3) is 22.3 Å². The second kappa shape index (κ2) is 7.08. The number of amides is 1. The van der Waals surface area contributed by atoms with Gasteiger partial charge in [0.2, 0.25) is 5.95 Å². The Bertz CT molecular complexity index is 1230. The van der Waals surface area contributed by atoms with Crippen LogP contribution in [0.15, 0.2) is 70.1 Å². The molecule has 0 bridgehead atoms. The highest BCUT2D eigenvalue weighted by molar-refractivity contribution is 6.03. The highest BCUT2D eigenvalue weighted by Crippen LogP contribution is 2.25. The van der Waals surface area contributed by atoms with Gasteiger partial charge in [0.05, 0.1) is 5.39 Å². The van der Waals surface area contributed by atoms with Gasteiger partial charge in [-0.15, -0.1) is 0 Å². The zero-order valence-electron chi connectivity index (χ0n) is 15.4. The van der Waals surface area contributed by atoms with Crippen LogP contribution in [0.1, 0.15) is 21.5 Å². The summed E-state index contributed by atoms with van der Waals surface area (Å²) in [4.78, 5) is 32.8. The van der Waals surface area contributed by atoms with E-state index in [0.29, 0.717) is 27.9 Å². The van der Waals surface area contributed by atoms with Crippen molar-refractivity contribution in [1.82, 2.24) is 9.97 Å². The highest BCUT2D eigenvalue weighted by Gasteiger charge is 2.12. The lowest BCUT2D eigenvalue weighted by atomic mass is 10.1. The van der Waals surface area contributed by atoms with E-state index in [1.807, 2.05) is 26.0 Å². The van der Waals surface area contributed by atoms with Crippen LogP contribution >= 0.6 is 0 Å². The van der Waals surface area contributed by atoms with Gasteiger partial charge in [-0.1, -0.05) is 18.2 Å². The van der Waals surface area contributed by atoms with E-state index in [9.17, 15) is 9.59 Å². The van der Waals surface area contributed by atoms with E-state index in [1.54, 1.807) is 42.7 Å². The number of nitrogens with zero attached hydrogens (tertiary/aromatic N) is 2. The number of fused-ring (bicyclic) bond motifs is 1. The quantitative estimate of drug-likeness (QED) is 0.585. The Morgan fingerprint density at radius 2 is 1.71 bits per heavy atom. The zero-order valence-corrected chi connectivity index (χ0v) is 15.4. The van der Waals surface area contributed by atoms with Gasteiger partial charge in [-0.3, -0.25) is 14.9 Å². The Morgan fingerprint density at radius 1 is 1.00 bits per heavy atom. The van der Waals surface area contributed by atoms with Crippen molar-refractivity contribution in [2.24, 2.45) is 0 Å². The second-order valence-electron chi connectivity index (χ2n) is 6.54. The van der Waals surface area contributed by atoms with E-state index in [0.717, 1.165) is 11.1 Å². The van der Waals surface area contributed by atoms with E-state index in [1.165, 1.54) is 6.07 Å². The number of anilines is 1. The minimum Gasteiger partial charge on any atom is -0.456 e. The first-order valence-electron chi connectivity index (χ1n) is 8.75. The molecule has 0 aliphatic rings. The molecule has 0 unspecified atom stereocenters. The predicted molar refractivity (Wildman–Crippen MR) is 107 cm³/mol. The maximum Gasteiger partial charge on any atom is 0.258 e. The van der Waals surface area contributed by atoms with Crippen molar-refractivity contribution in [3.8, 4) is 11.3 Å². The molecule has 28 heavy (non-hydrogen) atoms. The Balaban J connectivity index is 1.65. The van der Waals surface area contributed by atoms with Crippen LogP contribution in [0.4, 0.5) is 5.95 Å². The summed E-state index contributed by atoms with van der Waals surface area (Å²) in [7, 11) is 0. The lowest BCUT2D eigenvalue weighted by Crippen LogP contribution is -2.13. The number of rotatable bonds is 3. The molecule has 4 aromatic rings. The van der Waals surface area contributed by atoms with Gasteiger partial charge in [-0.05, 0) is 49.2 Å². The molecule has 2 heterocycles. The molecule has 2 aromatic heterocycles. The third-order valence-corrected chi connectivity index (χ3v) is 4.38. The van der Waals surface area contributed by atoms with Crippen molar-refractivity contribution in [2.75, 3.05) is 5.32 Å². The van der Waals surface area contributed by atoms with E-state index in [4.69, 9.17) is 4.42 Å². The molecule has 0 saturated heterocycles. The number of carbonyl (C=O) groups excluding carboxylic acids is 1. The lowest BCUT2D eigenvalue weighted by molar-refractivity contribution is 0.102. The van der Waals surface area contributed by atoms with Crippen LogP contribution in [0.3, 0.4) is 0 Å². The molecule has 4 rings (SSSR count). The summed E-state index contributed by atoms with van der Waals surface area (Å²) in [6.07, 6.45) is 3.11. The summed E-state index contributed by atoms with van der Waals surface area (Å²) in [5.41, 5.74) is 3.58. The molecule has 0 fully saturated rings.